The molecule has 6 aromatic carbocycles. The van der Waals surface area contributed by atoms with E-state index in [1.165, 1.54) is 32.6 Å². The van der Waals surface area contributed by atoms with Gasteiger partial charge in [-0.05, 0) is 171 Å². The lowest BCUT2D eigenvalue weighted by Crippen LogP contribution is -2.34. The first-order chi connectivity index (χ1) is 52.0. The van der Waals surface area contributed by atoms with Crippen molar-refractivity contribution in [2.45, 2.75) is 159 Å². The highest BCUT2D eigenvalue weighted by atomic mass is 35.5. The molecule has 564 valence electrons. The van der Waals surface area contributed by atoms with Gasteiger partial charge in [-0.25, -0.2) is 59.9 Å². The van der Waals surface area contributed by atoms with E-state index in [2.05, 4.69) is 40.6 Å². The van der Waals surface area contributed by atoms with Crippen molar-refractivity contribution in [3.8, 4) is 17.2 Å². The Kier molecular flexibility index (Phi) is 29.0. The molecule has 0 N–H and O–H groups in total. The molecule has 1 aromatic heterocycles. The topological polar surface area (TPSA) is 120 Å². The summed E-state index contributed by atoms with van der Waals surface area (Å²) in [5.74, 6) is -24.7. The molecule has 10 rings (SSSR count). The minimum Gasteiger partial charge on any atom is -0.501 e. The quantitative estimate of drug-likeness (QED) is 0.00726. The maximum atomic E-state index is 16.3. The molecule has 0 spiro atoms. The van der Waals surface area contributed by atoms with Crippen LogP contribution in [0, 0.1) is 71.0 Å². The molecule has 0 bridgehead atoms. The monoisotopic (exact) mass is 1620 g/mol. The van der Waals surface area contributed by atoms with Crippen LogP contribution in [0.5, 0.6) is 0 Å². The molecule has 11 nitrogen and oxygen atoms in total. The Morgan fingerprint density at radius 2 is 1.16 bits per heavy atom. The van der Waals surface area contributed by atoms with E-state index in [1.54, 1.807) is 77.3 Å². The number of imide groups is 2. The van der Waals surface area contributed by atoms with Crippen LogP contribution >= 0.6 is 93.3 Å². The van der Waals surface area contributed by atoms with E-state index < -0.39 is 122 Å². The van der Waals surface area contributed by atoms with Gasteiger partial charge in [0.2, 0.25) is 29.3 Å². The molecule has 4 heterocycles. The zero-order valence-electron chi connectivity index (χ0n) is 59.6. The highest BCUT2D eigenvalue weighted by Crippen LogP contribution is 2.51. The second kappa shape index (κ2) is 37.9. The largest absolute Gasteiger partial charge is 0.501 e. The van der Waals surface area contributed by atoms with Gasteiger partial charge in [0.25, 0.3) is 5.70 Å². The molecule has 3 atom stereocenters. The minimum atomic E-state index is -2.62. The molecule has 7 aromatic rings. The maximum Gasteiger partial charge on any atom is 0.292 e. The Balaban J connectivity index is 0.813. The van der Waals surface area contributed by atoms with Crippen molar-refractivity contribution in [2.24, 2.45) is 0 Å². The predicted octanol–water partition coefficient (Wildman–Crippen LogP) is 23.3. The Morgan fingerprint density at radius 1 is 0.639 bits per heavy atom. The van der Waals surface area contributed by atoms with Crippen LogP contribution < -0.4 is 14.7 Å². The van der Waals surface area contributed by atoms with Crippen molar-refractivity contribution < 1.29 is 59.0 Å². The lowest BCUT2D eigenvalue weighted by atomic mass is 9.85. The number of anilines is 3. The number of rotatable bonds is 34. The standard InChI is InChI=1S/C81H74Cl2F8N6O5S6/c1-8-10-12-14-18-53-54(19-15-13-11-9-2)60(108-59(53)21-17-16-20-55-75(94-5)78(58(45-92)93-4)102-81(55,3)47-25-36-56(82)57(83)42-47)37-24-46-22-26-48(27-23-46)95(38-40-103-6)39-41-105-61-43-63(98)96(79(61)100)76-71(88)67(84)65(68(85)72(76)89)66-69(86)73(90)77(74(91)70(66)87)97-64(99)44-62(80(97)101)107-52-34-32-51(33-35-52)106-50-30-28-49(104-7)29-31-50/h22-37,42,61-62H,8-21,38-41,43-44H2,1-3,6-7H3/b37-24+,78-58+. The van der Waals surface area contributed by atoms with Gasteiger partial charge in [-0.2, -0.15) is 11.8 Å². The number of benzene rings is 6. The number of nitriles is 1. The summed E-state index contributed by atoms with van der Waals surface area (Å²) in [7, 11) is 0. The van der Waals surface area contributed by atoms with Gasteiger partial charge >= 0.3 is 0 Å². The van der Waals surface area contributed by atoms with Crippen LogP contribution in [-0.2, 0) is 48.8 Å². The Morgan fingerprint density at radius 3 is 1.69 bits per heavy atom. The zero-order chi connectivity index (χ0) is 77.7. The van der Waals surface area contributed by atoms with E-state index in [-0.39, 0.29) is 32.7 Å². The molecule has 27 heteroatoms. The Bertz CT molecular complexity index is 4740. The summed E-state index contributed by atoms with van der Waals surface area (Å²) in [6.45, 7) is 23.0. The number of ether oxygens (including phenoxy) is 1. The van der Waals surface area contributed by atoms with Crippen molar-refractivity contribution in [3.63, 3.8) is 0 Å². The summed E-state index contributed by atoms with van der Waals surface area (Å²) >= 11 is 21.0. The SMILES string of the molecule is [C-]#[N+]C1=C(CCCCc2sc(/C=C/c3ccc(N(CCSC)CCSC4CC(=O)N(c5c(F)c(F)c(-c6c(F)c(F)c(N7C(=O)CC(Sc8ccc(Sc9ccc(SC)cc9)cc8)C7=O)c(F)c6F)c(F)c5F)C4=O)cc3)c(CCCCCC)c2CCCCCC)C(C)(c2ccc(Cl)c(Cl)c2)O/C1=C(\C#N)[N+]#[C-]. The van der Waals surface area contributed by atoms with E-state index in [0.717, 1.165) is 127 Å². The summed E-state index contributed by atoms with van der Waals surface area (Å²) in [6.07, 6.45) is 20.1. The van der Waals surface area contributed by atoms with Crippen LogP contribution in [-0.4, -0.2) is 71.2 Å². The van der Waals surface area contributed by atoms with Gasteiger partial charge in [-0.3, -0.25) is 19.2 Å². The number of carbonyl (C=O) groups excluding carboxylic acids is 4. The van der Waals surface area contributed by atoms with Gasteiger partial charge in [0.1, 0.15) is 22.7 Å². The van der Waals surface area contributed by atoms with Crippen molar-refractivity contribution in [1.29, 1.82) is 5.26 Å². The molecule has 3 unspecified atom stereocenters. The van der Waals surface area contributed by atoms with Crippen molar-refractivity contribution in [2.75, 3.05) is 51.8 Å². The summed E-state index contributed by atoms with van der Waals surface area (Å²) in [5, 5.41) is 7.88. The van der Waals surface area contributed by atoms with Gasteiger partial charge in [0.15, 0.2) is 46.5 Å². The summed E-state index contributed by atoms with van der Waals surface area (Å²) in [4.78, 5) is 69.2. The van der Waals surface area contributed by atoms with Crippen LogP contribution in [0.25, 0.3) is 33.0 Å². The highest BCUT2D eigenvalue weighted by molar-refractivity contribution is 8.01. The van der Waals surface area contributed by atoms with Crippen molar-refractivity contribution in [3.05, 3.63) is 225 Å². The van der Waals surface area contributed by atoms with E-state index in [4.69, 9.17) is 41.1 Å². The van der Waals surface area contributed by atoms with Gasteiger partial charge < -0.3 is 9.64 Å². The molecule has 4 amide bonds. The Labute approximate surface area is 658 Å². The molecule has 3 aliphatic heterocycles. The van der Waals surface area contributed by atoms with Gasteiger partial charge in [0, 0.05) is 72.5 Å². The average Bonchev–Trinajstić information content (AvgIpc) is 1.12. The highest BCUT2D eigenvalue weighted by Gasteiger charge is 2.49. The van der Waals surface area contributed by atoms with E-state index in [0.29, 0.717) is 57.8 Å². The van der Waals surface area contributed by atoms with Gasteiger partial charge in [-0.15, -0.1) is 46.6 Å². The molecule has 3 aliphatic rings. The number of halogens is 10. The zero-order valence-corrected chi connectivity index (χ0v) is 66.0. The smallest absolute Gasteiger partial charge is 0.292 e. The summed E-state index contributed by atoms with van der Waals surface area (Å²) in [6, 6.07) is 29.5. The molecule has 108 heavy (non-hydrogen) atoms. The molecule has 2 saturated heterocycles. The lowest BCUT2D eigenvalue weighted by molar-refractivity contribution is -0.122. The maximum absolute atomic E-state index is 16.3. The van der Waals surface area contributed by atoms with Crippen LogP contribution in [0.1, 0.15) is 136 Å². The van der Waals surface area contributed by atoms with Gasteiger partial charge in [-0.1, -0.05) is 118 Å². The third kappa shape index (κ3) is 18.2. The van der Waals surface area contributed by atoms with E-state index in [9.17, 15) is 24.4 Å². The third-order valence-electron chi connectivity index (χ3n) is 19.0. The van der Waals surface area contributed by atoms with Crippen LogP contribution in [0.4, 0.5) is 52.2 Å². The lowest BCUT2D eigenvalue weighted by Gasteiger charge is -2.30. The first kappa shape index (κ1) is 82.8. The molecule has 2 fully saturated rings. The number of allylic oxidation sites excluding steroid dienone is 1. The first-order valence-electron chi connectivity index (χ1n) is 35.1. The summed E-state index contributed by atoms with van der Waals surface area (Å²) in [5.41, 5.74) is -3.81. The molecule has 0 saturated carbocycles. The number of hydrogen-bond donors (Lipinski definition) is 0. The fourth-order valence-electron chi connectivity index (χ4n) is 13.3. The van der Waals surface area contributed by atoms with Crippen molar-refractivity contribution >= 4 is 146 Å². The number of thioether (sulfide) groups is 4. The van der Waals surface area contributed by atoms with Crippen LogP contribution in [0.2, 0.25) is 10.0 Å². The molecular formula is C81H74Cl2F8N6O5S6. The second-order valence-electron chi connectivity index (χ2n) is 25.9. The first-order valence-corrected chi connectivity index (χ1v) is 42.0. The third-order valence-corrected chi connectivity index (χ3v) is 25.8. The fraction of sp³-hybridized carbons (Fsp3) is 0.346. The minimum absolute atomic E-state index is 0.0409. The van der Waals surface area contributed by atoms with Crippen LogP contribution in [0.3, 0.4) is 0 Å². The molecule has 0 aliphatic carbocycles. The number of nitrogens with zero attached hydrogens (tertiary/aromatic N) is 6. The summed E-state index contributed by atoms with van der Waals surface area (Å²) < 4.78 is 136. The molecule has 0 radical (unpaired) electrons. The Hall–Kier alpha value is -7.64. The van der Waals surface area contributed by atoms with E-state index >= 15 is 35.1 Å². The number of aryl methyl sites for hydroxylation is 1. The molecular weight excluding hydrogens is 1550 g/mol. The second-order valence-corrected chi connectivity index (χ2v) is 33.5. The van der Waals surface area contributed by atoms with Crippen molar-refractivity contribution in [1.82, 2.24) is 0 Å². The number of unbranched alkanes of at least 4 members (excludes halogenated alkanes) is 7. The number of thiophene rings is 1. The average molecular weight is 1630 g/mol. The number of hydrogen-bond acceptors (Lipinski definition) is 13. The van der Waals surface area contributed by atoms with Crippen LogP contribution in [0.15, 0.2) is 133 Å². The normalized spacial score (nSPS) is 17.0. The predicted molar refractivity (Wildman–Crippen MR) is 422 cm³/mol. The van der Waals surface area contributed by atoms with E-state index in [1.807, 2.05) is 74.0 Å². The number of carbonyl (C=O) groups is 4. The fourth-order valence-corrected chi connectivity index (χ4v) is 18.8. The van der Waals surface area contributed by atoms with Gasteiger partial charge in [0.05, 0.1) is 50.9 Å². The number of amides is 4.